The van der Waals surface area contributed by atoms with Gasteiger partial charge in [-0.05, 0) is 19.8 Å². The summed E-state index contributed by atoms with van der Waals surface area (Å²) in [6.45, 7) is 2.14. The van der Waals surface area contributed by atoms with E-state index < -0.39 is 0 Å². The summed E-state index contributed by atoms with van der Waals surface area (Å²) in [5.41, 5.74) is 5.80. The van der Waals surface area contributed by atoms with E-state index in [1.165, 1.54) is 6.08 Å². The maximum absolute atomic E-state index is 11.0. The molecule has 0 saturated carbocycles. The summed E-state index contributed by atoms with van der Waals surface area (Å²) in [6.07, 6.45) is 6.65. The molecule has 0 bridgehead atoms. The Morgan fingerprint density at radius 3 is 2.47 bits per heavy atom. The third kappa shape index (κ3) is 11.2. The van der Waals surface area contributed by atoms with Gasteiger partial charge < -0.3 is 10.5 Å². The first-order valence-corrected chi connectivity index (χ1v) is 5.86. The van der Waals surface area contributed by atoms with Crippen LogP contribution >= 0.6 is 11.6 Å². The standard InChI is InChI=1S/C11H20ClNO2/c1-10(13)9-11(14)15-8-6-4-2-3-5-7-12/h9H,2-8,13H2,1H3/b10-9-. The zero-order chi connectivity index (χ0) is 11.5. The number of halogens is 1. The van der Waals surface area contributed by atoms with E-state index in [-0.39, 0.29) is 5.97 Å². The van der Waals surface area contributed by atoms with Crippen molar-refractivity contribution in [3.8, 4) is 0 Å². The molecule has 0 radical (unpaired) electrons. The summed E-state index contributed by atoms with van der Waals surface area (Å²) in [5, 5.41) is 0. The molecule has 0 unspecified atom stereocenters. The smallest absolute Gasteiger partial charge is 0.332 e. The van der Waals surface area contributed by atoms with Gasteiger partial charge in [0, 0.05) is 17.7 Å². The third-order valence-corrected chi connectivity index (χ3v) is 2.14. The van der Waals surface area contributed by atoms with Gasteiger partial charge in [-0.15, -0.1) is 11.6 Å². The highest BCUT2D eigenvalue weighted by molar-refractivity contribution is 6.17. The van der Waals surface area contributed by atoms with Crippen LogP contribution in [0.15, 0.2) is 11.8 Å². The monoisotopic (exact) mass is 233 g/mol. The number of nitrogens with two attached hydrogens (primary N) is 1. The lowest BCUT2D eigenvalue weighted by Gasteiger charge is -2.02. The van der Waals surface area contributed by atoms with Crippen molar-refractivity contribution in [1.82, 2.24) is 0 Å². The predicted octanol–water partition coefficient (Wildman–Crippen LogP) is 2.58. The highest BCUT2D eigenvalue weighted by Crippen LogP contribution is 2.04. The van der Waals surface area contributed by atoms with Crippen molar-refractivity contribution < 1.29 is 9.53 Å². The van der Waals surface area contributed by atoms with Crippen LogP contribution in [0.1, 0.15) is 39.0 Å². The maximum Gasteiger partial charge on any atom is 0.332 e. The summed E-state index contributed by atoms with van der Waals surface area (Å²) < 4.78 is 4.94. The molecule has 0 spiro atoms. The Morgan fingerprint density at radius 1 is 1.27 bits per heavy atom. The Kier molecular flexibility index (Phi) is 9.38. The van der Waals surface area contributed by atoms with Gasteiger partial charge in [0.1, 0.15) is 0 Å². The highest BCUT2D eigenvalue weighted by atomic mass is 35.5. The first-order chi connectivity index (χ1) is 7.16. The van der Waals surface area contributed by atoms with Gasteiger partial charge in [-0.25, -0.2) is 4.79 Å². The van der Waals surface area contributed by atoms with E-state index in [4.69, 9.17) is 22.1 Å². The Hall–Kier alpha value is -0.700. The molecular formula is C11H20ClNO2. The second-order valence-electron chi connectivity index (χ2n) is 3.51. The molecule has 2 N–H and O–H groups in total. The summed E-state index contributed by atoms with van der Waals surface area (Å²) in [6, 6.07) is 0. The minimum atomic E-state index is -0.351. The van der Waals surface area contributed by atoms with Crippen LogP contribution in [0.3, 0.4) is 0 Å². The van der Waals surface area contributed by atoms with Gasteiger partial charge in [0.05, 0.1) is 6.61 Å². The fraction of sp³-hybridized carbons (Fsp3) is 0.727. The molecule has 0 amide bonds. The lowest BCUT2D eigenvalue weighted by Crippen LogP contribution is -2.05. The minimum Gasteiger partial charge on any atom is -0.462 e. The molecule has 0 aromatic heterocycles. The van der Waals surface area contributed by atoms with Crippen molar-refractivity contribution in [3.63, 3.8) is 0 Å². The number of unbranched alkanes of at least 4 members (excludes halogenated alkanes) is 4. The van der Waals surface area contributed by atoms with Crippen molar-refractivity contribution >= 4 is 17.6 Å². The number of ether oxygens (including phenoxy) is 1. The summed E-state index contributed by atoms with van der Waals surface area (Å²) in [7, 11) is 0. The number of rotatable bonds is 8. The van der Waals surface area contributed by atoms with Gasteiger partial charge in [-0.2, -0.15) is 0 Å². The minimum absolute atomic E-state index is 0.351. The van der Waals surface area contributed by atoms with E-state index in [9.17, 15) is 4.79 Å². The van der Waals surface area contributed by atoms with Gasteiger partial charge in [-0.1, -0.05) is 19.3 Å². The van der Waals surface area contributed by atoms with Crippen LogP contribution in [0.25, 0.3) is 0 Å². The molecule has 4 heteroatoms. The Balaban J connectivity index is 3.24. The molecule has 0 aliphatic rings. The number of allylic oxidation sites excluding steroid dienone is 1. The van der Waals surface area contributed by atoms with Crippen LogP contribution in [-0.4, -0.2) is 18.5 Å². The van der Waals surface area contributed by atoms with Crippen LogP contribution in [0.5, 0.6) is 0 Å². The van der Waals surface area contributed by atoms with Crippen molar-refractivity contribution in [1.29, 1.82) is 0 Å². The molecule has 0 aliphatic heterocycles. The van der Waals surface area contributed by atoms with E-state index in [2.05, 4.69) is 0 Å². The van der Waals surface area contributed by atoms with Crippen molar-refractivity contribution in [2.45, 2.75) is 39.0 Å². The molecule has 0 aromatic carbocycles. The summed E-state index contributed by atoms with van der Waals surface area (Å²) >= 11 is 5.54. The average Bonchev–Trinajstić information content (AvgIpc) is 2.15. The van der Waals surface area contributed by atoms with Gasteiger partial charge in [-0.3, -0.25) is 0 Å². The molecule has 0 fully saturated rings. The SMILES string of the molecule is C/C(N)=C/C(=O)OCCCCCCCCl. The fourth-order valence-electron chi connectivity index (χ4n) is 1.13. The second-order valence-corrected chi connectivity index (χ2v) is 3.89. The van der Waals surface area contributed by atoms with E-state index in [0.29, 0.717) is 12.3 Å². The van der Waals surface area contributed by atoms with Crippen LogP contribution in [0, 0.1) is 0 Å². The van der Waals surface area contributed by atoms with Crippen LogP contribution < -0.4 is 5.73 Å². The zero-order valence-corrected chi connectivity index (χ0v) is 10.1. The van der Waals surface area contributed by atoms with Gasteiger partial charge in [0.2, 0.25) is 0 Å². The molecular weight excluding hydrogens is 214 g/mol. The molecule has 3 nitrogen and oxygen atoms in total. The van der Waals surface area contributed by atoms with Crippen LogP contribution in [-0.2, 0) is 9.53 Å². The Bertz CT molecular complexity index is 201. The number of hydrogen-bond donors (Lipinski definition) is 1. The number of carbonyl (C=O) groups excluding carboxylic acids is 1. The number of esters is 1. The summed E-state index contributed by atoms with van der Waals surface area (Å²) in [4.78, 5) is 11.0. The second kappa shape index (κ2) is 9.84. The highest BCUT2D eigenvalue weighted by Gasteiger charge is 1.97. The van der Waals surface area contributed by atoms with Gasteiger partial charge in [0.25, 0.3) is 0 Å². The molecule has 0 aromatic rings. The molecule has 0 saturated heterocycles. The van der Waals surface area contributed by atoms with Gasteiger partial charge >= 0.3 is 5.97 Å². The normalized spacial score (nSPS) is 11.5. The van der Waals surface area contributed by atoms with E-state index >= 15 is 0 Å². The first-order valence-electron chi connectivity index (χ1n) is 5.33. The number of alkyl halides is 1. The fourth-order valence-corrected chi connectivity index (χ4v) is 1.32. The molecule has 88 valence electrons. The van der Waals surface area contributed by atoms with E-state index in [0.717, 1.165) is 38.0 Å². The average molecular weight is 234 g/mol. The lowest BCUT2D eigenvalue weighted by atomic mass is 10.2. The van der Waals surface area contributed by atoms with Crippen molar-refractivity contribution in [2.24, 2.45) is 5.73 Å². The van der Waals surface area contributed by atoms with Crippen molar-refractivity contribution in [3.05, 3.63) is 11.8 Å². The largest absolute Gasteiger partial charge is 0.462 e. The third-order valence-electron chi connectivity index (χ3n) is 1.87. The van der Waals surface area contributed by atoms with Gasteiger partial charge in [0.15, 0.2) is 0 Å². The molecule has 15 heavy (non-hydrogen) atoms. The Labute approximate surface area is 96.6 Å². The molecule has 0 atom stereocenters. The van der Waals surface area contributed by atoms with E-state index in [1.54, 1.807) is 6.92 Å². The summed E-state index contributed by atoms with van der Waals surface area (Å²) in [5.74, 6) is 0.381. The van der Waals surface area contributed by atoms with Crippen LogP contribution in [0.4, 0.5) is 0 Å². The quantitative estimate of drug-likeness (QED) is 0.303. The lowest BCUT2D eigenvalue weighted by molar-refractivity contribution is -0.137. The van der Waals surface area contributed by atoms with Crippen LogP contribution in [0.2, 0.25) is 0 Å². The van der Waals surface area contributed by atoms with Crippen molar-refractivity contribution in [2.75, 3.05) is 12.5 Å². The Morgan fingerprint density at radius 2 is 1.87 bits per heavy atom. The molecule has 0 heterocycles. The molecule has 0 rings (SSSR count). The first kappa shape index (κ1) is 14.3. The predicted molar refractivity (Wildman–Crippen MR) is 62.7 cm³/mol. The number of hydrogen-bond acceptors (Lipinski definition) is 3. The zero-order valence-electron chi connectivity index (χ0n) is 9.30. The maximum atomic E-state index is 11.0. The van der Waals surface area contributed by atoms with E-state index in [1.807, 2.05) is 0 Å². The topological polar surface area (TPSA) is 52.3 Å². The number of carbonyl (C=O) groups is 1. The molecule has 0 aliphatic carbocycles.